The van der Waals surface area contributed by atoms with E-state index in [1.54, 1.807) is 6.92 Å². The summed E-state index contributed by atoms with van der Waals surface area (Å²) >= 11 is 0. The molecule has 0 unspecified atom stereocenters. The zero-order chi connectivity index (χ0) is 9.87. The monoisotopic (exact) mass is 186 g/mol. The van der Waals surface area contributed by atoms with E-state index < -0.39 is 0 Å². The Labute approximate surface area is 84.1 Å². The molecule has 1 aromatic rings. The van der Waals surface area contributed by atoms with Gasteiger partial charge in [-0.1, -0.05) is 0 Å². The first-order valence-electron chi connectivity index (χ1n) is 5.37. The minimum Gasteiger partial charge on any atom is -0.294 e. The molecule has 1 aromatic carbocycles. The van der Waals surface area contributed by atoms with E-state index in [1.165, 1.54) is 40.7 Å². The fraction of sp³-hybridized carbons (Fsp3) is 0.462. The lowest BCUT2D eigenvalue weighted by atomic mass is 9.70. The van der Waals surface area contributed by atoms with Crippen molar-refractivity contribution in [2.24, 2.45) is 0 Å². The van der Waals surface area contributed by atoms with Crippen LogP contribution in [0.1, 0.15) is 45.1 Å². The average molecular weight is 186 g/mol. The number of fused-ring (bicyclic) bond motifs is 2. The maximum Gasteiger partial charge on any atom is 0.160 e. The standard InChI is InChI=1S/C13H14O/c1-7-9-3-5-11(9)13(8(2)14)12-6-4-10(7)12/h3-6H2,1-2H3. The molecule has 14 heavy (non-hydrogen) atoms. The fourth-order valence-corrected chi connectivity index (χ4v) is 2.92. The van der Waals surface area contributed by atoms with E-state index in [2.05, 4.69) is 6.92 Å². The van der Waals surface area contributed by atoms with Gasteiger partial charge in [-0.25, -0.2) is 0 Å². The molecule has 0 saturated heterocycles. The van der Waals surface area contributed by atoms with Crippen molar-refractivity contribution in [1.82, 2.24) is 0 Å². The van der Waals surface area contributed by atoms with Crippen LogP contribution < -0.4 is 0 Å². The molecule has 0 heterocycles. The molecule has 72 valence electrons. The Hall–Kier alpha value is -1.11. The summed E-state index contributed by atoms with van der Waals surface area (Å²) < 4.78 is 0. The molecular formula is C13H14O. The Morgan fingerprint density at radius 3 is 1.64 bits per heavy atom. The normalized spacial score (nSPS) is 16.4. The predicted octanol–water partition coefficient (Wildman–Crippen LogP) is 2.39. The SMILES string of the molecule is CC(=O)c1c2c(c(C)c3c1CC3)CC2. The summed E-state index contributed by atoms with van der Waals surface area (Å²) in [6, 6.07) is 0. The first-order chi connectivity index (χ1) is 6.70. The number of hydrogen-bond acceptors (Lipinski definition) is 1. The summed E-state index contributed by atoms with van der Waals surface area (Å²) in [5.41, 5.74) is 8.26. The predicted molar refractivity (Wildman–Crippen MR) is 56.0 cm³/mol. The van der Waals surface area contributed by atoms with Crippen molar-refractivity contribution in [3.63, 3.8) is 0 Å². The van der Waals surface area contributed by atoms with E-state index >= 15 is 0 Å². The maximum absolute atomic E-state index is 11.6. The number of ketones is 1. The Morgan fingerprint density at radius 1 is 0.929 bits per heavy atom. The summed E-state index contributed by atoms with van der Waals surface area (Å²) in [5.74, 6) is 0.275. The Kier molecular flexibility index (Phi) is 1.45. The van der Waals surface area contributed by atoms with Crippen molar-refractivity contribution in [2.45, 2.75) is 39.5 Å². The van der Waals surface area contributed by atoms with E-state index in [1.807, 2.05) is 0 Å². The molecule has 0 fully saturated rings. The highest BCUT2D eigenvalue weighted by atomic mass is 16.1. The highest BCUT2D eigenvalue weighted by molar-refractivity contribution is 5.99. The van der Waals surface area contributed by atoms with Crippen molar-refractivity contribution >= 4 is 5.78 Å². The van der Waals surface area contributed by atoms with Crippen LogP contribution in [-0.2, 0) is 25.7 Å². The van der Waals surface area contributed by atoms with Crippen LogP contribution in [0.15, 0.2) is 0 Å². The van der Waals surface area contributed by atoms with Crippen LogP contribution in [0.4, 0.5) is 0 Å². The number of rotatable bonds is 1. The molecule has 0 radical (unpaired) electrons. The molecule has 1 nitrogen and oxygen atoms in total. The van der Waals surface area contributed by atoms with Crippen molar-refractivity contribution < 1.29 is 4.79 Å². The first kappa shape index (κ1) is 8.22. The van der Waals surface area contributed by atoms with Gasteiger partial charge >= 0.3 is 0 Å². The van der Waals surface area contributed by atoms with E-state index in [4.69, 9.17) is 0 Å². The number of carbonyl (C=O) groups excluding carboxylic acids is 1. The Bertz CT molecular complexity index is 422. The molecule has 0 bridgehead atoms. The van der Waals surface area contributed by atoms with Gasteiger partial charge in [-0.2, -0.15) is 0 Å². The summed E-state index contributed by atoms with van der Waals surface area (Å²) in [6.07, 6.45) is 4.63. The summed E-state index contributed by atoms with van der Waals surface area (Å²) in [4.78, 5) is 11.6. The fourth-order valence-electron chi connectivity index (χ4n) is 2.92. The van der Waals surface area contributed by atoms with Gasteiger partial charge in [0.1, 0.15) is 0 Å². The van der Waals surface area contributed by atoms with Crippen LogP contribution in [0.25, 0.3) is 0 Å². The molecule has 1 heteroatoms. The molecule has 0 saturated carbocycles. The molecule has 0 atom stereocenters. The van der Waals surface area contributed by atoms with E-state index in [-0.39, 0.29) is 5.78 Å². The van der Waals surface area contributed by atoms with Crippen LogP contribution in [0.2, 0.25) is 0 Å². The molecule has 2 aliphatic rings. The lowest BCUT2D eigenvalue weighted by Gasteiger charge is -2.34. The molecule has 2 aliphatic carbocycles. The summed E-state index contributed by atoms with van der Waals surface area (Å²) in [5, 5.41) is 0. The van der Waals surface area contributed by atoms with Gasteiger partial charge in [0, 0.05) is 5.56 Å². The lowest BCUT2D eigenvalue weighted by Crippen LogP contribution is -2.25. The third kappa shape index (κ3) is 0.783. The lowest BCUT2D eigenvalue weighted by molar-refractivity contribution is 0.101. The van der Waals surface area contributed by atoms with Gasteiger partial charge in [0.2, 0.25) is 0 Å². The van der Waals surface area contributed by atoms with Crippen molar-refractivity contribution in [1.29, 1.82) is 0 Å². The highest BCUT2D eigenvalue weighted by Gasteiger charge is 2.31. The zero-order valence-electron chi connectivity index (χ0n) is 8.74. The molecule has 0 spiro atoms. The molecule has 0 amide bonds. The topological polar surface area (TPSA) is 17.1 Å². The minimum absolute atomic E-state index is 0.275. The van der Waals surface area contributed by atoms with Crippen LogP contribution in [0.5, 0.6) is 0 Å². The smallest absolute Gasteiger partial charge is 0.160 e. The number of benzene rings is 1. The number of hydrogen-bond donors (Lipinski definition) is 0. The Balaban J connectivity index is 2.35. The first-order valence-corrected chi connectivity index (χ1v) is 5.37. The molecule has 3 rings (SSSR count). The minimum atomic E-state index is 0.275. The second kappa shape index (κ2) is 2.47. The van der Waals surface area contributed by atoms with E-state index in [0.717, 1.165) is 18.4 Å². The highest BCUT2D eigenvalue weighted by Crippen LogP contribution is 2.40. The largest absolute Gasteiger partial charge is 0.294 e. The quantitative estimate of drug-likeness (QED) is 0.615. The number of carbonyl (C=O) groups is 1. The second-order valence-corrected chi connectivity index (χ2v) is 4.47. The van der Waals surface area contributed by atoms with Gasteiger partial charge in [-0.15, -0.1) is 0 Å². The summed E-state index contributed by atoms with van der Waals surface area (Å²) in [7, 11) is 0. The van der Waals surface area contributed by atoms with Crippen LogP contribution >= 0.6 is 0 Å². The van der Waals surface area contributed by atoms with Gasteiger partial charge in [-0.3, -0.25) is 4.79 Å². The third-order valence-corrected chi connectivity index (χ3v) is 3.84. The van der Waals surface area contributed by atoms with E-state index in [9.17, 15) is 4.79 Å². The molecule has 0 N–H and O–H groups in total. The van der Waals surface area contributed by atoms with Gasteiger partial charge in [0.15, 0.2) is 5.78 Å². The van der Waals surface area contributed by atoms with Gasteiger partial charge in [0.25, 0.3) is 0 Å². The van der Waals surface area contributed by atoms with Crippen LogP contribution in [-0.4, -0.2) is 5.78 Å². The average Bonchev–Trinajstić information content (AvgIpc) is 1.96. The third-order valence-electron chi connectivity index (χ3n) is 3.84. The van der Waals surface area contributed by atoms with Crippen LogP contribution in [0, 0.1) is 6.92 Å². The van der Waals surface area contributed by atoms with Crippen molar-refractivity contribution in [3.8, 4) is 0 Å². The van der Waals surface area contributed by atoms with Crippen molar-refractivity contribution in [2.75, 3.05) is 0 Å². The molecule has 0 aromatic heterocycles. The van der Waals surface area contributed by atoms with Crippen molar-refractivity contribution in [3.05, 3.63) is 33.4 Å². The van der Waals surface area contributed by atoms with Gasteiger partial charge in [-0.05, 0) is 67.3 Å². The van der Waals surface area contributed by atoms with E-state index in [0.29, 0.717) is 0 Å². The van der Waals surface area contributed by atoms with Gasteiger partial charge in [0.05, 0.1) is 0 Å². The maximum atomic E-state index is 11.6. The summed E-state index contributed by atoms with van der Waals surface area (Å²) in [6.45, 7) is 3.93. The zero-order valence-corrected chi connectivity index (χ0v) is 8.74. The second-order valence-electron chi connectivity index (χ2n) is 4.47. The molecule has 0 aliphatic heterocycles. The Morgan fingerprint density at radius 2 is 1.36 bits per heavy atom. The van der Waals surface area contributed by atoms with Crippen LogP contribution in [0.3, 0.4) is 0 Å². The van der Waals surface area contributed by atoms with Gasteiger partial charge < -0.3 is 0 Å². The number of Topliss-reactive ketones (excluding diaryl/α,β-unsaturated/α-hetero) is 1. The molecular weight excluding hydrogens is 172 g/mol.